The monoisotopic (exact) mass is 210 g/mol. The molecule has 1 N–H and O–H groups in total. The van der Waals surface area contributed by atoms with E-state index in [1.54, 1.807) is 13.1 Å². The lowest BCUT2D eigenvalue weighted by atomic mass is 10.3. The van der Waals surface area contributed by atoms with Crippen molar-refractivity contribution < 1.29 is 5.11 Å². The highest BCUT2D eigenvalue weighted by Gasteiger charge is 2.06. The largest absolute Gasteiger partial charge is 0.393 e. The quantitative estimate of drug-likeness (QED) is 0.822. The molecule has 4 heteroatoms. The predicted molar refractivity (Wildman–Crippen MR) is 55.6 cm³/mol. The molecule has 2 aromatic heterocycles. The second kappa shape index (κ2) is 3.59. The van der Waals surface area contributed by atoms with Crippen LogP contribution in [0.5, 0.6) is 0 Å². The van der Waals surface area contributed by atoms with Crippen molar-refractivity contribution in [2.75, 3.05) is 0 Å². The van der Waals surface area contributed by atoms with Crippen LogP contribution in [0.4, 0.5) is 0 Å². The van der Waals surface area contributed by atoms with Crippen LogP contribution < -0.4 is 0 Å². The van der Waals surface area contributed by atoms with Crippen molar-refractivity contribution in [3.8, 4) is 0 Å². The summed E-state index contributed by atoms with van der Waals surface area (Å²) in [6.07, 6.45) is 3.73. The molecule has 2 aromatic rings. The Bertz CT molecular complexity index is 450. The number of pyridine rings is 1. The number of halogens is 1. The Balaban J connectivity index is 2.50. The average Bonchev–Trinajstić information content (AvgIpc) is 2.47. The van der Waals surface area contributed by atoms with Gasteiger partial charge in [0.05, 0.1) is 22.8 Å². The number of hydrogen-bond donors (Lipinski definition) is 1. The summed E-state index contributed by atoms with van der Waals surface area (Å²) in [4.78, 5) is 4.22. The number of fused-ring (bicyclic) bond motifs is 1. The van der Waals surface area contributed by atoms with Crippen LogP contribution in [0.25, 0.3) is 5.52 Å². The number of hydrogen-bond acceptors (Lipinski definition) is 2. The highest BCUT2D eigenvalue weighted by Crippen LogP contribution is 2.14. The van der Waals surface area contributed by atoms with Gasteiger partial charge in [0.2, 0.25) is 0 Å². The van der Waals surface area contributed by atoms with E-state index >= 15 is 0 Å². The summed E-state index contributed by atoms with van der Waals surface area (Å²) in [6, 6.07) is 3.73. The zero-order valence-electron chi connectivity index (χ0n) is 7.81. The average molecular weight is 211 g/mol. The van der Waals surface area contributed by atoms with Gasteiger partial charge in [-0.05, 0) is 19.1 Å². The lowest BCUT2D eigenvalue weighted by Crippen LogP contribution is -2.07. The second-order valence-electron chi connectivity index (χ2n) is 3.37. The molecule has 1 atom stereocenters. The fourth-order valence-corrected chi connectivity index (χ4v) is 1.59. The standard InChI is InChI=1S/C10H11ClN2O/c1-7(14)4-10-12-5-9-3-2-8(11)6-13(9)10/h2-3,5-7,14H,4H2,1H3. The summed E-state index contributed by atoms with van der Waals surface area (Å²) in [6.45, 7) is 1.74. The third kappa shape index (κ3) is 1.74. The maximum Gasteiger partial charge on any atom is 0.115 e. The summed E-state index contributed by atoms with van der Waals surface area (Å²) in [5.74, 6) is 0.831. The smallest absolute Gasteiger partial charge is 0.115 e. The third-order valence-corrected chi connectivity index (χ3v) is 2.27. The van der Waals surface area contributed by atoms with E-state index in [4.69, 9.17) is 11.6 Å². The molecule has 0 aliphatic carbocycles. The molecule has 0 bridgehead atoms. The number of aliphatic hydroxyl groups is 1. The van der Waals surface area contributed by atoms with Gasteiger partial charge in [0.1, 0.15) is 5.82 Å². The molecule has 14 heavy (non-hydrogen) atoms. The van der Waals surface area contributed by atoms with E-state index in [0.717, 1.165) is 11.3 Å². The first-order valence-corrected chi connectivity index (χ1v) is 4.84. The Kier molecular flexibility index (Phi) is 2.44. The minimum absolute atomic E-state index is 0.389. The van der Waals surface area contributed by atoms with Gasteiger partial charge in [0.25, 0.3) is 0 Å². The Morgan fingerprint density at radius 1 is 1.57 bits per heavy atom. The molecule has 0 amide bonds. The Labute approximate surface area is 87.0 Å². The minimum atomic E-state index is -0.389. The van der Waals surface area contributed by atoms with Crippen LogP contribution in [-0.2, 0) is 6.42 Å². The summed E-state index contributed by atoms with van der Waals surface area (Å²) in [5, 5.41) is 9.94. The maximum absolute atomic E-state index is 9.27. The number of rotatable bonds is 2. The van der Waals surface area contributed by atoms with Crippen LogP contribution in [-0.4, -0.2) is 20.6 Å². The molecule has 1 unspecified atom stereocenters. The van der Waals surface area contributed by atoms with Crippen LogP contribution in [0, 0.1) is 0 Å². The highest BCUT2D eigenvalue weighted by atomic mass is 35.5. The fraction of sp³-hybridized carbons (Fsp3) is 0.300. The van der Waals surface area contributed by atoms with Crippen LogP contribution in [0.15, 0.2) is 24.5 Å². The van der Waals surface area contributed by atoms with Crippen molar-refractivity contribution in [3.63, 3.8) is 0 Å². The molecule has 2 rings (SSSR count). The molecule has 0 aliphatic rings. The Morgan fingerprint density at radius 3 is 3.07 bits per heavy atom. The SMILES string of the molecule is CC(O)Cc1ncc2ccc(Cl)cn12. The highest BCUT2D eigenvalue weighted by molar-refractivity contribution is 6.30. The van der Waals surface area contributed by atoms with Crippen molar-refractivity contribution >= 4 is 17.1 Å². The summed E-state index contributed by atoms with van der Waals surface area (Å²) in [7, 11) is 0. The van der Waals surface area contributed by atoms with E-state index in [1.165, 1.54) is 0 Å². The first-order chi connectivity index (χ1) is 6.66. The molecular formula is C10H11ClN2O. The van der Waals surface area contributed by atoms with E-state index in [1.807, 2.05) is 22.7 Å². The molecule has 0 spiro atoms. The lowest BCUT2D eigenvalue weighted by Gasteiger charge is -2.03. The van der Waals surface area contributed by atoms with Gasteiger partial charge in [-0.1, -0.05) is 11.6 Å². The van der Waals surface area contributed by atoms with Gasteiger partial charge >= 0.3 is 0 Å². The van der Waals surface area contributed by atoms with Gasteiger partial charge < -0.3 is 9.51 Å². The molecule has 74 valence electrons. The van der Waals surface area contributed by atoms with Crippen molar-refractivity contribution in [1.29, 1.82) is 0 Å². The lowest BCUT2D eigenvalue weighted by molar-refractivity contribution is 0.192. The number of aromatic nitrogens is 2. The summed E-state index contributed by atoms with van der Waals surface area (Å²) < 4.78 is 1.90. The van der Waals surface area contributed by atoms with Gasteiger partial charge in [-0.15, -0.1) is 0 Å². The van der Waals surface area contributed by atoms with E-state index in [-0.39, 0.29) is 6.10 Å². The van der Waals surface area contributed by atoms with E-state index in [0.29, 0.717) is 11.4 Å². The topological polar surface area (TPSA) is 37.5 Å². The van der Waals surface area contributed by atoms with Crippen LogP contribution >= 0.6 is 11.6 Å². The van der Waals surface area contributed by atoms with Crippen molar-refractivity contribution in [3.05, 3.63) is 35.4 Å². The van der Waals surface area contributed by atoms with Crippen molar-refractivity contribution in [2.45, 2.75) is 19.4 Å². The summed E-state index contributed by atoms with van der Waals surface area (Å²) >= 11 is 5.87. The summed E-state index contributed by atoms with van der Waals surface area (Å²) in [5.41, 5.74) is 0.991. The predicted octanol–water partition coefficient (Wildman–Crippen LogP) is 1.91. The van der Waals surface area contributed by atoms with E-state index < -0.39 is 0 Å². The van der Waals surface area contributed by atoms with Gasteiger partial charge in [0.15, 0.2) is 0 Å². The van der Waals surface area contributed by atoms with E-state index in [9.17, 15) is 5.11 Å². The maximum atomic E-state index is 9.27. The second-order valence-corrected chi connectivity index (χ2v) is 3.81. The number of imidazole rings is 1. The van der Waals surface area contributed by atoms with Crippen molar-refractivity contribution in [2.24, 2.45) is 0 Å². The van der Waals surface area contributed by atoms with Gasteiger partial charge in [-0.3, -0.25) is 0 Å². The van der Waals surface area contributed by atoms with Crippen LogP contribution in [0.2, 0.25) is 5.02 Å². The van der Waals surface area contributed by atoms with E-state index in [2.05, 4.69) is 4.98 Å². The molecular weight excluding hydrogens is 200 g/mol. The molecule has 0 saturated heterocycles. The van der Waals surface area contributed by atoms with Gasteiger partial charge in [-0.2, -0.15) is 0 Å². The minimum Gasteiger partial charge on any atom is -0.393 e. The van der Waals surface area contributed by atoms with Crippen molar-refractivity contribution in [1.82, 2.24) is 9.38 Å². The van der Waals surface area contributed by atoms with Gasteiger partial charge in [0, 0.05) is 12.6 Å². The zero-order valence-corrected chi connectivity index (χ0v) is 8.57. The molecule has 3 nitrogen and oxygen atoms in total. The first-order valence-electron chi connectivity index (χ1n) is 4.46. The zero-order chi connectivity index (χ0) is 10.1. The molecule has 0 aliphatic heterocycles. The Morgan fingerprint density at radius 2 is 2.36 bits per heavy atom. The third-order valence-electron chi connectivity index (χ3n) is 2.05. The van der Waals surface area contributed by atoms with Crippen LogP contribution in [0.3, 0.4) is 0 Å². The fourth-order valence-electron chi connectivity index (χ4n) is 1.43. The molecule has 0 radical (unpaired) electrons. The number of aliphatic hydroxyl groups excluding tert-OH is 1. The normalized spacial score (nSPS) is 13.4. The van der Waals surface area contributed by atoms with Gasteiger partial charge in [-0.25, -0.2) is 4.98 Å². The number of nitrogens with zero attached hydrogens (tertiary/aromatic N) is 2. The Hall–Kier alpha value is -1.06. The first kappa shape index (κ1) is 9.49. The van der Waals surface area contributed by atoms with Crippen LogP contribution in [0.1, 0.15) is 12.7 Å². The molecule has 0 fully saturated rings. The molecule has 2 heterocycles. The molecule has 0 saturated carbocycles. The molecule has 0 aromatic carbocycles.